The summed E-state index contributed by atoms with van der Waals surface area (Å²) in [5, 5.41) is 16.2. The molecule has 1 atom stereocenters. The number of nitrogens with one attached hydrogen (secondary N) is 1. The Kier molecular flexibility index (Phi) is 5.24. The number of aryl methyl sites for hydroxylation is 2. The van der Waals surface area contributed by atoms with Crippen molar-refractivity contribution in [1.29, 1.82) is 0 Å². The summed E-state index contributed by atoms with van der Waals surface area (Å²) in [6.45, 7) is 2.82. The first-order valence-corrected chi connectivity index (χ1v) is 10.1. The maximum Gasteiger partial charge on any atom is 0.226 e. The molecule has 140 valence electrons. The van der Waals surface area contributed by atoms with Gasteiger partial charge < -0.3 is 5.32 Å². The summed E-state index contributed by atoms with van der Waals surface area (Å²) >= 11 is 1.62. The van der Waals surface area contributed by atoms with Crippen LogP contribution in [0.2, 0.25) is 0 Å². The summed E-state index contributed by atoms with van der Waals surface area (Å²) in [6.07, 6.45) is 4.33. The molecule has 8 heteroatoms. The monoisotopic (exact) mass is 382 g/mol. The molecular weight excluding hydrogens is 360 g/mol. The standard InChI is InChI=1S/C19H22N6OS/c1-13-9-10-15-16(12-13)27-19(20-15)21-17(26)8-5-11-25-23-18(22-24-25)14-6-3-2-4-7-14/h2-4,6-7,13H,5,8-12H2,1H3,(H,20,21,26). The average molecular weight is 382 g/mol. The highest BCUT2D eigenvalue weighted by Crippen LogP contribution is 2.32. The number of fused-ring (bicyclic) bond motifs is 1. The zero-order valence-corrected chi connectivity index (χ0v) is 16.1. The second kappa shape index (κ2) is 7.96. The molecule has 0 aliphatic heterocycles. The van der Waals surface area contributed by atoms with Gasteiger partial charge >= 0.3 is 0 Å². The predicted octanol–water partition coefficient (Wildman–Crippen LogP) is 3.34. The fraction of sp³-hybridized carbons (Fsp3) is 0.421. The Balaban J connectivity index is 1.26. The molecule has 0 spiro atoms. The van der Waals surface area contributed by atoms with Crippen LogP contribution in [0.3, 0.4) is 0 Å². The van der Waals surface area contributed by atoms with Gasteiger partial charge in [-0.15, -0.1) is 21.5 Å². The Morgan fingerprint density at radius 2 is 2.19 bits per heavy atom. The summed E-state index contributed by atoms with van der Waals surface area (Å²) in [4.78, 5) is 19.6. The maximum atomic E-state index is 12.2. The lowest BCUT2D eigenvalue weighted by atomic mass is 9.93. The summed E-state index contributed by atoms with van der Waals surface area (Å²) in [6, 6.07) is 9.73. The Bertz CT molecular complexity index is 919. The first-order chi connectivity index (χ1) is 13.2. The van der Waals surface area contributed by atoms with E-state index in [1.165, 1.54) is 11.3 Å². The van der Waals surface area contributed by atoms with Crippen molar-refractivity contribution in [3.8, 4) is 11.4 Å². The minimum atomic E-state index is -0.0162. The first-order valence-electron chi connectivity index (χ1n) is 9.29. The lowest BCUT2D eigenvalue weighted by Crippen LogP contribution is -2.13. The van der Waals surface area contributed by atoms with Crippen LogP contribution in [-0.4, -0.2) is 31.1 Å². The second-order valence-corrected chi connectivity index (χ2v) is 8.05. The molecule has 0 saturated carbocycles. The number of anilines is 1. The number of carbonyl (C=O) groups excluding carboxylic acids is 1. The topological polar surface area (TPSA) is 85.6 Å². The van der Waals surface area contributed by atoms with Gasteiger partial charge in [-0.2, -0.15) is 4.80 Å². The number of hydrogen-bond donors (Lipinski definition) is 1. The van der Waals surface area contributed by atoms with Crippen LogP contribution in [0.1, 0.15) is 36.8 Å². The lowest BCUT2D eigenvalue weighted by molar-refractivity contribution is -0.116. The Hall–Kier alpha value is -2.61. The molecule has 1 amide bonds. The van der Waals surface area contributed by atoms with Crippen LogP contribution in [0.5, 0.6) is 0 Å². The molecule has 27 heavy (non-hydrogen) atoms. The third-order valence-corrected chi connectivity index (χ3v) is 5.71. The normalized spacial score (nSPS) is 16.1. The molecule has 0 bridgehead atoms. The van der Waals surface area contributed by atoms with Crippen molar-refractivity contribution in [2.75, 3.05) is 5.32 Å². The fourth-order valence-electron chi connectivity index (χ4n) is 3.20. The van der Waals surface area contributed by atoms with Crippen molar-refractivity contribution >= 4 is 22.4 Å². The minimum Gasteiger partial charge on any atom is -0.302 e. The van der Waals surface area contributed by atoms with Crippen molar-refractivity contribution in [3.05, 3.63) is 40.9 Å². The van der Waals surface area contributed by atoms with Crippen LogP contribution in [0.25, 0.3) is 11.4 Å². The van der Waals surface area contributed by atoms with Crippen LogP contribution in [0.4, 0.5) is 5.13 Å². The number of hydrogen-bond acceptors (Lipinski definition) is 6. The summed E-state index contributed by atoms with van der Waals surface area (Å²) in [5.74, 6) is 1.29. The van der Waals surface area contributed by atoms with Crippen molar-refractivity contribution in [1.82, 2.24) is 25.2 Å². The van der Waals surface area contributed by atoms with Gasteiger partial charge in [-0.25, -0.2) is 4.98 Å². The van der Waals surface area contributed by atoms with Crippen LogP contribution >= 0.6 is 11.3 Å². The number of rotatable bonds is 6. The van der Waals surface area contributed by atoms with E-state index in [9.17, 15) is 4.79 Å². The smallest absolute Gasteiger partial charge is 0.226 e. The third kappa shape index (κ3) is 4.39. The average Bonchev–Trinajstić information content (AvgIpc) is 3.28. The Morgan fingerprint density at radius 3 is 3.04 bits per heavy atom. The van der Waals surface area contributed by atoms with Crippen LogP contribution in [-0.2, 0) is 24.2 Å². The first kappa shape index (κ1) is 17.8. The highest BCUT2D eigenvalue weighted by Gasteiger charge is 2.20. The van der Waals surface area contributed by atoms with E-state index in [0.29, 0.717) is 31.1 Å². The molecule has 2 heterocycles. The molecule has 0 radical (unpaired) electrons. The molecule has 7 nitrogen and oxygen atoms in total. The predicted molar refractivity (Wildman–Crippen MR) is 104 cm³/mol. The molecule has 1 unspecified atom stereocenters. The van der Waals surface area contributed by atoms with E-state index >= 15 is 0 Å². The largest absolute Gasteiger partial charge is 0.302 e. The number of tetrazole rings is 1. The van der Waals surface area contributed by atoms with Gasteiger partial charge in [0.05, 0.1) is 12.2 Å². The molecule has 2 aromatic heterocycles. The van der Waals surface area contributed by atoms with Gasteiger partial charge in [-0.1, -0.05) is 37.3 Å². The third-order valence-electron chi connectivity index (χ3n) is 4.68. The highest BCUT2D eigenvalue weighted by atomic mass is 32.1. The van der Waals surface area contributed by atoms with Gasteiger partial charge in [-0.3, -0.25) is 4.79 Å². The number of amides is 1. The summed E-state index contributed by atoms with van der Waals surface area (Å²) < 4.78 is 0. The van der Waals surface area contributed by atoms with E-state index < -0.39 is 0 Å². The van der Waals surface area contributed by atoms with Crippen molar-refractivity contribution in [2.24, 2.45) is 5.92 Å². The highest BCUT2D eigenvalue weighted by molar-refractivity contribution is 7.15. The maximum absolute atomic E-state index is 12.2. The van der Waals surface area contributed by atoms with Crippen molar-refractivity contribution in [2.45, 2.75) is 45.6 Å². The van der Waals surface area contributed by atoms with Gasteiger partial charge in [0.1, 0.15) is 0 Å². The zero-order chi connectivity index (χ0) is 18.6. The van der Waals surface area contributed by atoms with Crippen LogP contribution in [0.15, 0.2) is 30.3 Å². The molecule has 1 aliphatic rings. The quantitative estimate of drug-likeness (QED) is 0.707. The second-order valence-electron chi connectivity index (χ2n) is 6.96. The molecule has 1 N–H and O–H groups in total. The van der Waals surface area contributed by atoms with Gasteiger partial charge in [0, 0.05) is 16.9 Å². The Labute approximate surface area is 161 Å². The minimum absolute atomic E-state index is 0.0162. The van der Waals surface area contributed by atoms with E-state index in [1.54, 1.807) is 16.1 Å². The van der Waals surface area contributed by atoms with E-state index in [-0.39, 0.29) is 5.91 Å². The molecule has 1 aliphatic carbocycles. The van der Waals surface area contributed by atoms with Gasteiger partial charge in [0.15, 0.2) is 5.13 Å². The number of benzene rings is 1. The van der Waals surface area contributed by atoms with Gasteiger partial charge in [0.2, 0.25) is 11.7 Å². The van der Waals surface area contributed by atoms with Gasteiger partial charge in [0.25, 0.3) is 0 Å². The summed E-state index contributed by atoms with van der Waals surface area (Å²) in [5.41, 5.74) is 2.09. The van der Waals surface area contributed by atoms with Crippen LogP contribution < -0.4 is 5.32 Å². The SMILES string of the molecule is CC1CCc2nc(NC(=O)CCCn3nnc(-c4ccccc4)n3)sc2C1. The number of nitrogens with zero attached hydrogens (tertiary/aromatic N) is 5. The molecule has 0 saturated heterocycles. The Morgan fingerprint density at radius 1 is 1.33 bits per heavy atom. The van der Waals surface area contributed by atoms with Crippen molar-refractivity contribution < 1.29 is 4.79 Å². The molecule has 3 aromatic rings. The number of thiazole rings is 1. The zero-order valence-electron chi connectivity index (χ0n) is 15.3. The van der Waals surface area contributed by atoms with E-state index in [4.69, 9.17) is 0 Å². The number of carbonyl (C=O) groups is 1. The molecule has 4 rings (SSSR count). The molecule has 0 fully saturated rings. The molecule has 1 aromatic carbocycles. The van der Waals surface area contributed by atoms with E-state index in [1.807, 2.05) is 30.3 Å². The summed E-state index contributed by atoms with van der Waals surface area (Å²) in [7, 11) is 0. The van der Waals surface area contributed by atoms with E-state index in [0.717, 1.165) is 29.2 Å². The van der Waals surface area contributed by atoms with Crippen molar-refractivity contribution in [3.63, 3.8) is 0 Å². The van der Waals surface area contributed by atoms with E-state index in [2.05, 4.69) is 32.6 Å². The van der Waals surface area contributed by atoms with Gasteiger partial charge in [-0.05, 0) is 36.8 Å². The lowest BCUT2D eigenvalue weighted by Gasteiger charge is -2.15. The fourth-order valence-corrected chi connectivity index (χ4v) is 4.38. The molecular formula is C19H22N6OS. The number of aromatic nitrogens is 5. The van der Waals surface area contributed by atoms with Crippen LogP contribution in [0, 0.1) is 5.92 Å².